The maximum absolute atomic E-state index is 8.89. The summed E-state index contributed by atoms with van der Waals surface area (Å²) in [6.45, 7) is 4.41. The predicted octanol–water partition coefficient (Wildman–Crippen LogP) is 4.45. The molecule has 0 spiro atoms. The molecule has 1 aromatic rings. The van der Waals surface area contributed by atoms with E-state index in [-0.39, 0.29) is 0 Å². The lowest BCUT2D eigenvalue weighted by Crippen LogP contribution is -2.08. The zero-order valence-electron chi connectivity index (χ0n) is 10.2. The predicted molar refractivity (Wildman–Crippen MR) is 70.6 cm³/mol. The number of benzene rings is 1. The lowest BCUT2D eigenvalue weighted by atomic mass is 9.84. The zero-order valence-corrected chi connectivity index (χ0v) is 11.1. The van der Waals surface area contributed by atoms with Crippen molar-refractivity contribution in [2.24, 2.45) is 5.92 Å². The third-order valence-electron chi connectivity index (χ3n) is 3.19. The fraction of sp³-hybridized carbons (Fsp3) is 0.500. The molecule has 2 atom stereocenters. The van der Waals surface area contributed by atoms with Gasteiger partial charge >= 0.3 is 0 Å². The van der Waals surface area contributed by atoms with Crippen molar-refractivity contribution in [2.45, 2.75) is 37.5 Å². The van der Waals surface area contributed by atoms with Crippen molar-refractivity contribution in [3.05, 3.63) is 29.8 Å². The minimum Gasteiger partial charge on any atom is -0.198 e. The smallest absolute Gasteiger partial charge is 0.0628 e. The molecule has 0 aromatic heterocycles. The van der Waals surface area contributed by atoms with E-state index in [0.29, 0.717) is 18.3 Å². The molecule has 1 rings (SSSR count). The van der Waals surface area contributed by atoms with Crippen LogP contribution in [0.25, 0.3) is 0 Å². The van der Waals surface area contributed by atoms with Crippen LogP contribution in [0.1, 0.15) is 38.2 Å². The Morgan fingerprint density at radius 3 is 2.38 bits per heavy atom. The standard InChI is InChI=1S/C14H19NS/c1-4-11(2)14(9-10-15)12-5-7-13(16-3)8-6-12/h5-8,11,14H,4,9H2,1-3H3. The number of thioether (sulfide) groups is 1. The summed E-state index contributed by atoms with van der Waals surface area (Å²) in [7, 11) is 0. The summed E-state index contributed by atoms with van der Waals surface area (Å²) in [5.74, 6) is 0.950. The van der Waals surface area contributed by atoms with Crippen LogP contribution in [0.4, 0.5) is 0 Å². The number of hydrogen-bond donors (Lipinski definition) is 0. The van der Waals surface area contributed by atoms with E-state index < -0.39 is 0 Å². The Bertz CT molecular complexity index is 350. The second kappa shape index (κ2) is 6.60. The fourth-order valence-electron chi connectivity index (χ4n) is 1.88. The van der Waals surface area contributed by atoms with Gasteiger partial charge in [-0.2, -0.15) is 5.26 Å². The molecular formula is C14H19NS. The SMILES string of the molecule is CCC(C)C(CC#N)c1ccc(SC)cc1. The molecule has 0 saturated heterocycles. The van der Waals surface area contributed by atoms with Crippen molar-refractivity contribution in [2.75, 3.05) is 6.26 Å². The monoisotopic (exact) mass is 233 g/mol. The highest BCUT2D eigenvalue weighted by Gasteiger charge is 2.17. The van der Waals surface area contributed by atoms with E-state index in [1.54, 1.807) is 11.8 Å². The highest BCUT2D eigenvalue weighted by Crippen LogP contribution is 2.30. The van der Waals surface area contributed by atoms with Crippen LogP contribution in [0.3, 0.4) is 0 Å². The van der Waals surface area contributed by atoms with E-state index in [1.165, 1.54) is 10.5 Å². The molecule has 0 saturated carbocycles. The summed E-state index contributed by atoms with van der Waals surface area (Å²) in [5, 5.41) is 8.89. The van der Waals surface area contributed by atoms with E-state index >= 15 is 0 Å². The van der Waals surface area contributed by atoms with Crippen LogP contribution >= 0.6 is 11.8 Å². The van der Waals surface area contributed by atoms with Crippen LogP contribution < -0.4 is 0 Å². The Morgan fingerprint density at radius 1 is 1.31 bits per heavy atom. The minimum atomic E-state index is 0.380. The van der Waals surface area contributed by atoms with Gasteiger partial charge in [0.15, 0.2) is 0 Å². The Balaban J connectivity index is 2.88. The molecule has 1 nitrogen and oxygen atoms in total. The van der Waals surface area contributed by atoms with Crippen molar-refractivity contribution in [3.63, 3.8) is 0 Å². The van der Waals surface area contributed by atoms with Crippen molar-refractivity contribution >= 4 is 11.8 Å². The molecule has 0 N–H and O–H groups in total. The van der Waals surface area contributed by atoms with Gasteiger partial charge in [-0.3, -0.25) is 0 Å². The second-order valence-corrected chi connectivity index (χ2v) is 5.01. The van der Waals surface area contributed by atoms with Crippen LogP contribution in [-0.4, -0.2) is 6.26 Å². The van der Waals surface area contributed by atoms with Crippen molar-refractivity contribution in [3.8, 4) is 6.07 Å². The highest BCUT2D eigenvalue weighted by atomic mass is 32.2. The molecule has 0 amide bonds. The van der Waals surface area contributed by atoms with Crippen molar-refractivity contribution in [1.82, 2.24) is 0 Å². The van der Waals surface area contributed by atoms with Gasteiger partial charge < -0.3 is 0 Å². The molecule has 0 radical (unpaired) electrons. The first kappa shape index (κ1) is 13.1. The zero-order chi connectivity index (χ0) is 12.0. The molecule has 2 heteroatoms. The topological polar surface area (TPSA) is 23.8 Å². The molecule has 0 aliphatic carbocycles. The Hall–Kier alpha value is -0.940. The van der Waals surface area contributed by atoms with Crippen LogP contribution in [0.2, 0.25) is 0 Å². The van der Waals surface area contributed by atoms with Gasteiger partial charge in [0.2, 0.25) is 0 Å². The van der Waals surface area contributed by atoms with Crippen molar-refractivity contribution < 1.29 is 0 Å². The Labute approximate surface area is 103 Å². The molecule has 0 aliphatic rings. The van der Waals surface area contributed by atoms with Gasteiger partial charge in [-0.05, 0) is 35.8 Å². The van der Waals surface area contributed by atoms with Gasteiger partial charge in [-0.1, -0.05) is 32.4 Å². The molecule has 0 bridgehead atoms. The van der Waals surface area contributed by atoms with E-state index in [1.807, 2.05) is 0 Å². The lowest BCUT2D eigenvalue weighted by Gasteiger charge is -2.20. The van der Waals surface area contributed by atoms with Gasteiger partial charge in [0.25, 0.3) is 0 Å². The van der Waals surface area contributed by atoms with E-state index in [0.717, 1.165) is 6.42 Å². The Kier molecular flexibility index (Phi) is 5.42. The maximum Gasteiger partial charge on any atom is 0.0628 e. The summed E-state index contributed by atoms with van der Waals surface area (Å²) in [4.78, 5) is 1.28. The van der Waals surface area contributed by atoms with Crippen molar-refractivity contribution in [1.29, 1.82) is 5.26 Å². The molecule has 0 aliphatic heterocycles. The van der Waals surface area contributed by atoms with E-state index in [4.69, 9.17) is 5.26 Å². The molecule has 1 aromatic carbocycles. The summed E-state index contributed by atoms with van der Waals surface area (Å²) in [6, 6.07) is 10.9. The molecule has 2 unspecified atom stereocenters. The number of hydrogen-bond acceptors (Lipinski definition) is 2. The summed E-state index contributed by atoms with van der Waals surface area (Å²) in [5.41, 5.74) is 1.30. The number of rotatable bonds is 5. The van der Waals surface area contributed by atoms with Gasteiger partial charge in [0.05, 0.1) is 6.07 Å². The number of nitriles is 1. The third kappa shape index (κ3) is 3.28. The maximum atomic E-state index is 8.89. The van der Waals surface area contributed by atoms with Crippen LogP contribution in [0.15, 0.2) is 29.2 Å². The van der Waals surface area contributed by atoms with Crippen LogP contribution in [-0.2, 0) is 0 Å². The van der Waals surface area contributed by atoms with E-state index in [9.17, 15) is 0 Å². The third-order valence-corrected chi connectivity index (χ3v) is 3.93. The highest BCUT2D eigenvalue weighted by molar-refractivity contribution is 7.98. The van der Waals surface area contributed by atoms with Gasteiger partial charge in [0.1, 0.15) is 0 Å². The van der Waals surface area contributed by atoms with Crippen LogP contribution in [0.5, 0.6) is 0 Å². The quantitative estimate of drug-likeness (QED) is 0.701. The van der Waals surface area contributed by atoms with Gasteiger partial charge in [0, 0.05) is 11.3 Å². The normalized spacial score (nSPS) is 14.1. The minimum absolute atomic E-state index is 0.380. The van der Waals surface area contributed by atoms with Gasteiger partial charge in [-0.15, -0.1) is 11.8 Å². The largest absolute Gasteiger partial charge is 0.198 e. The second-order valence-electron chi connectivity index (χ2n) is 4.13. The van der Waals surface area contributed by atoms with E-state index in [2.05, 4.69) is 50.4 Å². The summed E-state index contributed by atoms with van der Waals surface area (Å²) >= 11 is 1.75. The fourth-order valence-corrected chi connectivity index (χ4v) is 2.29. The number of nitrogens with zero attached hydrogens (tertiary/aromatic N) is 1. The first-order valence-corrected chi connectivity index (χ1v) is 6.96. The molecular weight excluding hydrogens is 214 g/mol. The lowest BCUT2D eigenvalue weighted by molar-refractivity contribution is 0.451. The average Bonchev–Trinajstić information content (AvgIpc) is 2.35. The first-order chi connectivity index (χ1) is 7.72. The van der Waals surface area contributed by atoms with Crippen LogP contribution in [0, 0.1) is 17.2 Å². The molecule has 16 heavy (non-hydrogen) atoms. The molecule has 86 valence electrons. The first-order valence-electron chi connectivity index (χ1n) is 5.73. The summed E-state index contributed by atoms with van der Waals surface area (Å²) in [6.07, 6.45) is 3.82. The summed E-state index contributed by atoms with van der Waals surface area (Å²) < 4.78 is 0. The van der Waals surface area contributed by atoms with Gasteiger partial charge in [-0.25, -0.2) is 0 Å². The Morgan fingerprint density at radius 2 is 1.94 bits per heavy atom. The molecule has 0 heterocycles. The average molecular weight is 233 g/mol. The molecule has 0 fully saturated rings.